The molecule has 2 N–H and O–H groups in total. The van der Waals surface area contributed by atoms with Crippen LogP contribution in [0.4, 0.5) is 5.69 Å². The highest BCUT2D eigenvalue weighted by molar-refractivity contribution is 6.04. The van der Waals surface area contributed by atoms with Crippen LogP contribution in [0.2, 0.25) is 0 Å². The Bertz CT molecular complexity index is 636. The lowest BCUT2D eigenvalue weighted by Gasteiger charge is -2.15. The van der Waals surface area contributed by atoms with Crippen molar-refractivity contribution in [1.82, 2.24) is 10.3 Å². The number of nitrogens with two attached hydrogens (primary N) is 1. The fourth-order valence-corrected chi connectivity index (χ4v) is 2.14. The summed E-state index contributed by atoms with van der Waals surface area (Å²) in [5.41, 5.74) is 6.91. The molecule has 0 bridgehead atoms. The Labute approximate surface area is 101 Å². The van der Waals surface area contributed by atoms with Gasteiger partial charge >= 0.3 is 0 Å². The third-order valence-corrected chi connectivity index (χ3v) is 3.08. The average Bonchev–Trinajstić information content (AvgIpc) is 2.94. The van der Waals surface area contributed by atoms with Crippen molar-refractivity contribution < 1.29 is 14.2 Å². The Kier molecular flexibility index (Phi) is 2.26. The molecule has 1 unspecified atom stereocenters. The van der Waals surface area contributed by atoms with E-state index in [9.17, 15) is 9.59 Å². The molecule has 2 heterocycles. The van der Waals surface area contributed by atoms with Gasteiger partial charge in [-0.15, -0.1) is 0 Å². The van der Waals surface area contributed by atoms with Crippen LogP contribution >= 0.6 is 0 Å². The number of amides is 2. The zero-order valence-corrected chi connectivity index (χ0v) is 9.37. The largest absolute Gasteiger partial charge is 0.369 e. The third kappa shape index (κ3) is 1.52. The highest BCUT2D eigenvalue weighted by Crippen LogP contribution is 2.29. The van der Waals surface area contributed by atoms with Crippen LogP contribution < -0.4 is 10.6 Å². The number of benzene rings is 1. The lowest BCUT2D eigenvalue weighted by atomic mass is 10.1. The first kappa shape index (κ1) is 10.7. The number of carbonyl (C=O) groups is 2. The van der Waals surface area contributed by atoms with E-state index in [2.05, 4.69) is 14.9 Å². The highest BCUT2D eigenvalue weighted by atomic mass is 16.6. The molecule has 2 aromatic rings. The molecule has 1 aliphatic rings. The van der Waals surface area contributed by atoms with Crippen LogP contribution in [0.25, 0.3) is 11.0 Å². The van der Waals surface area contributed by atoms with E-state index < -0.39 is 11.8 Å². The van der Waals surface area contributed by atoms with E-state index in [1.165, 1.54) is 4.90 Å². The highest BCUT2D eigenvalue weighted by Gasteiger charge is 2.35. The first-order chi connectivity index (χ1) is 8.66. The molecule has 92 valence electrons. The fourth-order valence-electron chi connectivity index (χ4n) is 2.14. The monoisotopic (exact) mass is 246 g/mol. The number of nitrogens with zero attached hydrogens (tertiary/aromatic N) is 3. The van der Waals surface area contributed by atoms with Gasteiger partial charge in [-0.1, -0.05) is 6.07 Å². The van der Waals surface area contributed by atoms with Gasteiger partial charge in [-0.2, -0.15) is 0 Å². The van der Waals surface area contributed by atoms with E-state index in [-0.39, 0.29) is 18.9 Å². The number of rotatable bonds is 2. The summed E-state index contributed by atoms with van der Waals surface area (Å²) in [6, 6.07) is 5.24. The van der Waals surface area contributed by atoms with Crippen molar-refractivity contribution in [1.29, 1.82) is 0 Å². The summed E-state index contributed by atoms with van der Waals surface area (Å²) in [6.07, 6.45) is 0.136. The fraction of sp³-hybridized carbons (Fsp3) is 0.273. The number of hydrogen-bond acceptors (Lipinski definition) is 5. The summed E-state index contributed by atoms with van der Waals surface area (Å²) in [4.78, 5) is 24.5. The van der Waals surface area contributed by atoms with E-state index in [1.807, 2.05) is 0 Å². The number of primary amides is 1. The molecule has 1 fully saturated rings. The van der Waals surface area contributed by atoms with Crippen molar-refractivity contribution in [3.8, 4) is 0 Å². The molecule has 0 saturated carbocycles. The van der Waals surface area contributed by atoms with Crippen LogP contribution in [0.15, 0.2) is 22.8 Å². The molecule has 7 nitrogen and oxygen atoms in total. The van der Waals surface area contributed by atoms with Crippen LogP contribution in [0.5, 0.6) is 0 Å². The number of aromatic nitrogens is 2. The topological polar surface area (TPSA) is 102 Å². The SMILES string of the molecule is NC(=O)C1CC(=O)N(c2cccc3nonc23)C1. The molecule has 1 saturated heterocycles. The molecule has 7 heteroatoms. The average molecular weight is 246 g/mol. The Balaban J connectivity index is 2.03. The van der Waals surface area contributed by atoms with Crippen molar-refractivity contribution >= 4 is 28.5 Å². The maximum absolute atomic E-state index is 11.9. The molecule has 1 aliphatic heterocycles. The predicted molar refractivity (Wildman–Crippen MR) is 61.5 cm³/mol. The van der Waals surface area contributed by atoms with Gasteiger partial charge in [0.05, 0.1) is 11.6 Å². The molecule has 1 aromatic heterocycles. The Morgan fingerprint density at radius 2 is 2.28 bits per heavy atom. The minimum atomic E-state index is -0.462. The van der Waals surface area contributed by atoms with Crippen molar-refractivity contribution in [3.63, 3.8) is 0 Å². The van der Waals surface area contributed by atoms with Gasteiger partial charge in [0.1, 0.15) is 5.52 Å². The Morgan fingerprint density at radius 3 is 3.00 bits per heavy atom. The van der Waals surface area contributed by atoms with E-state index in [0.717, 1.165) is 0 Å². The maximum atomic E-state index is 11.9. The van der Waals surface area contributed by atoms with Gasteiger partial charge in [-0.25, -0.2) is 4.63 Å². The molecular formula is C11H10N4O3. The number of anilines is 1. The standard InChI is InChI=1S/C11H10N4O3/c12-11(17)6-4-9(16)15(5-6)8-3-1-2-7-10(8)14-18-13-7/h1-3,6H,4-5H2,(H2,12,17). The van der Waals surface area contributed by atoms with Crippen LogP contribution in [0.3, 0.4) is 0 Å². The second-order valence-electron chi connectivity index (χ2n) is 4.22. The molecule has 1 aromatic carbocycles. The van der Waals surface area contributed by atoms with Crippen molar-refractivity contribution in [2.45, 2.75) is 6.42 Å². The second kappa shape index (κ2) is 3.80. The summed E-state index contributed by atoms with van der Waals surface area (Å²) < 4.78 is 4.65. The normalized spacial score (nSPS) is 19.7. The maximum Gasteiger partial charge on any atom is 0.227 e. The Morgan fingerprint density at radius 1 is 1.44 bits per heavy atom. The summed E-state index contributed by atoms with van der Waals surface area (Å²) in [7, 11) is 0. The van der Waals surface area contributed by atoms with Crippen molar-refractivity contribution in [2.75, 3.05) is 11.4 Å². The molecular weight excluding hydrogens is 236 g/mol. The van der Waals surface area contributed by atoms with Gasteiger partial charge in [-0.3, -0.25) is 9.59 Å². The molecule has 3 rings (SSSR count). The molecule has 1 atom stereocenters. The van der Waals surface area contributed by atoms with Crippen LogP contribution in [0, 0.1) is 5.92 Å². The van der Waals surface area contributed by atoms with Crippen LogP contribution in [-0.2, 0) is 9.59 Å². The molecule has 0 spiro atoms. The second-order valence-corrected chi connectivity index (χ2v) is 4.22. The summed E-state index contributed by atoms with van der Waals surface area (Å²) in [5.74, 6) is -1.06. The van der Waals surface area contributed by atoms with Gasteiger partial charge in [-0.05, 0) is 22.4 Å². The minimum Gasteiger partial charge on any atom is -0.369 e. The molecule has 2 amide bonds. The number of fused-ring (bicyclic) bond motifs is 1. The number of carbonyl (C=O) groups excluding carboxylic acids is 2. The smallest absolute Gasteiger partial charge is 0.227 e. The minimum absolute atomic E-state index is 0.136. The van der Waals surface area contributed by atoms with Gasteiger partial charge in [0.15, 0.2) is 5.52 Å². The van der Waals surface area contributed by atoms with E-state index in [0.29, 0.717) is 16.7 Å². The van der Waals surface area contributed by atoms with E-state index >= 15 is 0 Å². The van der Waals surface area contributed by atoms with Gasteiger partial charge < -0.3 is 10.6 Å². The van der Waals surface area contributed by atoms with Gasteiger partial charge in [0.25, 0.3) is 0 Å². The van der Waals surface area contributed by atoms with Crippen molar-refractivity contribution in [2.24, 2.45) is 11.7 Å². The lowest BCUT2D eigenvalue weighted by Crippen LogP contribution is -2.28. The zero-order chi connectivity index (χ0) is 12.7. The zero-order valence-electron chi connectivity index (χ0n) is 9.37. The first-order valence-electron chi connectivity index (χ1n) is 5.48. The van der Waals surface area contributed by atoms with Crippen LogP contribution in [-0.4, -0.2) is 28.7 Å². The summed E-state index contributed by atoms with van der Waals surface area (Å²) in [5, 5.41) is 7.49. The van der Waals surface area contributed by atoms with Crippen LogP contribution in [0.1, 0.15) is 6.42 Å². The Hall–Kier alpha value is -2.44. The van der Waals surface area contributed by atoms with Crippen molar-refractivity contribution in [3.05, 3.63) is 18.2 Å². The lowest BCUT2D eigenvalue weighted by molar-refractivity contribution is -0.123. The van der Waals surface area contributed by atoms with E-state index in [1.54, 1.807) is 18.2 Å². The molecule has 0 radical (unpaired) electrons. The molecule has 0 aliphatic carbocycles. The molecule has 18 heavy (non-hydrogen) atoms. The summed E-state index contributed by atoms with van der Waals surface area (Å²) in [6.45, 7) is 0.278. The third-order valence-electron chi connectivity index (χ3n) is 3.08. The van der Waals surface area contributed by atoms with Gasteiger partial charge in [0.2, 0.25) is 11.8 Å². The van der Waals surface area contributed by atoms with Gasteiger partial charge in [0, 0.05) is 13.0 Å². The first-order valence-corrected chi connectivity index (χ1v) is 5.48. The number of hydrogen-bond donors (Lipinski definition) is 1. The van der Waals surface area contributed by atoms with E-state index in [4.69, 9.17) is 5.73 Å². The quantitative estimate of drug-likeness (QED) is 0.807. The predicted octanol–water partition coefficient (Wildman–Crippen LogP) is 0.0610. The summed E-state index contributed by atoms with van der Waals surface area (Å²) >= 11 is 0.